The zero-order valence-electron chi connectivity index (χ0n) is 11.3. The van der Waals surface area contributed by atoms with Crippen molar-refractivity contribution in [2.75, 3.05) is 18.8 Å². The highest BCUT2D eigenvalue weighted by molar-refractivity contribution is 7.89. The van der Waals surface area contributed by atoms with E-state index in [-0.39, 0.29) is 4.90 Å². The number of nitrogens with two attached hydrogens (primary N) is 1. The second-order valence-corrected chi connectivity index (χ2v) is 6.95. The van der Waals surface area contributed by atoms with Crippen molar-refractivity contribution >= 4 is 15.7 Å². The van der Waals surface area contributed by atoms with Gasteiger partial charge in [-0.25, -0.2) is 8.42 Å². The zero-order valence-corrected chi connectivity index (χ0v) is 12.1. The van der Waals surface area contributed by atoms with Gasteiger partial charge in [-0.1, -0.05) is 12.1 Å². The summed E-state index contributed by atoms with van der Waals surface area (Å²) >= 11 is 0. The first kappa shape index (κ1) is 14.3. The van der Waals surface area contributed by atoms with Gasteiger partial charge in [0.25, 0.3) is 0 Å². The van der Waals surface area contributed by atoms with Gasteiger partial charge in [0.15, 0.2) is 0 Å². The Balaban J connectivity index is 2.43. The number of piperidine rings is 1. The number of nitrogens with zero attached hydrogens (tertiary/aromatic N) is 1. The van der Waals surface area contributed by atoms with Crippen molar-refractivity contribution in [1.29, 1.82) is 0 Å². The summed E-state index contributed by atoms with van der Waals surface area (Å²) in [4.78, 5) is 0.212. The molecule has 1 aliphatic heterocycles. The molecule has 1 saturated heterocycles. The number of hydrogen-bond donors (Lipinski definition) is 2. The number of aliphatic hydroxyl groups excluding tert-OH is 1. The van der Waals surface area contributed by atoms with Crippen molar-refractivity contribution in [1.82, 2.24) is 4.31 Å². The molecule has 0 aromatic heterocycles. The molecule has 0 radical (unpaired) electrons. The number of benzene rings is 1. The molecule has 5 nitrogen and oxygen atoms in total. The third-order valence-corrected chi connectivity index (χ3v) is 5.74. The normalized spacial score (nSPS) is 18.7. The Kier molecular flexibility index (Phi) is 3.85. The van der Waals surface area contributed by atoms with E-state index in [0.29, 0.717) is 37.2 Å². The van der Waals surface area contributed by atoms with Crippen molar-refractivity contribution in [2.45, 2.75) is 37.7 Å². The summed E-state index contributed by atoms with van der Waals surface area (Å²) in [5.74, 6) is 0. The minimum atomic E-state index is -3.57. The van der Waals surface area contributed by atoms with Crippen LogP contribution in [0.1, 0.15) is 24.0 Å². The lowest BCUT2D eigenvalue weighted by atomic mass is 10.1. The Morgan fingerprint density at radius 1 is 1.21 bits per heavy atom. The van der Waals surface area contributed by atoms with E-state index in [4.69, 9.17) is 5.73 Å². The maximum atomic E-state index is 12.7. The molecule has 0 atom stereocenters. The first-order chi connectivity index (χ1) is 8.84. The van der Waals surface area contributed by atoms with Gasteiger partial charge in [0.1, 0.15) is 4.90 Å². The molecular formula is C13H20N2O3S. The van der Waals surface area contributed by atoms with Crippen molar-refractivity contribution in [3.63, 3.8) is 0 Å². The summed E-state index contributed by atoms with van der Waals surface area (Å²) in [6.45, 7) is 4.24. The molecular weight excluding hydrogens is 264 g/mol. The van der Waals surface area contributed by atoms with E-state index in [2.05, 4.69) is 0 Å². The second-order valence-electron chi connectivity index (χ2n) is 5.08. The first-order valence-electron chi connectivity index (χ1n) is 6.38. The Morgan fingerprint density at radius 3 is 2.32 bits per heavy atom. The lowest BCUT2D eigenvalue weighted by Crippen LogP contribution is -2.40. The third-order valence-electron chi connectivity index (χ3n) is 3.63. The van der Waals surface area contributed by atoms with Gasteiger partial charge in [0, 0.05) is 13.1 Å². The van der Waals surface area contributed by atoms with Crippen LogP contribution < -0.4 is 5.73 Å². The van der Waals surface area contributed by atoms with Gasteiger partial charge in [0.2, 0.25) is 10.0 Å². The summed E-state index contributed by atoms with van der Waals surface area (Å²) in [5.41, 5.74) is 7.70. The molecule has 19 heavy (non-hydrogen) atoms. The molecule has 1 aromatic carbocycles. The molecule has 1 aromatic rings. The van der Waals surface area contributed by atoms with E-state index in [0.717, 1.165) is 5.56 Å². The summed E-state index contributed by atoms with van der Waals surface area (Å²) in [5, 5.41) is 9.47. The van der Waals surface area contributed by atoms with Crippen LogP contribution >= 0.6 is 0 Å². The van der Waals surface area contributed by atoms with Crippen molar-refractivity contribution in [3.8, 4) is 0 Å². The highest BCUT2D eigenvalue weighted by Gasteiger charge is 2.31. The lowest BCUT2D eigenvalue weighted by Gasteiger charge is -2.29. The summed E-state index contributed by atoms with van der Waals surface area (Å²) in [7, 11) is -3.57. The number of aryl methyl sites for hydroxylation is 2. The fraction of sp³-hybridized carbons (Fsp3) is 0.538. The summed E-state index contributed by atoms with van der Waals surface area (Å²) < 4.78 is 26.7. The fourth-order valence-electron chi connectivity index (χ4n) is 2.36. The SMILES string of the molecule is Cc1ccc(C)c(S(=O)(=O)N2CCC(O)CC2)c1N. The van der Waals surface area contributed by atoms with Gasteiger partial charge < -0.3 is 10.8 Å². The van der Waals surface area contributed by atoms with Gasteiger partial charge in [-0.05, 0) is 37.8 Å². The highest BCUT2D eigenvalue weighted by Crippen LogP contribution is 2.30. The largest absolute Gasteiger partial charge is 0.397 e. The molecule has 2 rings (SSSR count). The fourth-order valence-corrected chi connectivity index (χ4v) is 4.22. The van der Waals surface area contributed by atoms with Gasteiger partial charge in [-0.2, -0.15) is 4.31 Å². The standard InChI is InChI=1S/C13H20N2O3S/c1-9-3-4-10(2)13(12(9)14)19(17,18)15-7-5-11(16)6-8-15/h3-4,11,16H,5-8,14H2,1-2H3. The average Bonchev–Trinajstić information content (AvgIpc) is 2.34. The molecule has 3 N–H and O–H groups in total. The van der Waals surface area contributed by atoms with E-state index in [1.54, 1.807) is 19.9 Å². The van der Waals surface area contributed by atoms with E-state index < -0.39 is 16.1 Å². The predicted octanol–water partition coefficient (Wildman–Crippen LogP) is 1.03. The Bertz CT molecular complexity index is 576. The summed E-state index contributed by atoms with van der Waals surface area (Å²) in [6, 6.07) is 3.60. The Morgan fingerprint density at radius 2 is 1.74 bits per heavy atom. The average molecular weight is 284 g/mol. The maximum Gasteiger partial charge on any atom is 0.245 e. The Hall–Kier alpha value is -1.11. The number of aliphatic hydroxyl groups is 1. The van der Waals surface area contributed by atoms with E-state index >= 15 is 0 Å². The molecule has 1 fully saturated rings. The van der Waals surface area contributed by atoms with Gasteiger partial charge >= 0.3 is 0 Å². The quantitative estimate of drug-likeness (QED) is 0.795. The van der Waals surface area contributed by atoms with Crippen LogP contribution in [0.2, 0.25) is 0 Å². The van der Waals surface area contributed by atoms with E-state index in [9.17, 15) is 13.5 Å². The Labute approximate surface area is 114 Å². The number of hydrogen-bond acceptors (Lipinski definition) is 4. The molecule has 6 heteroatoms. The van der Waals surface area contributed by atoms with Crippen LogP contribution in [0, 0.1) is 13.8 Å². The van der Waals surface area contributed by atoms with Crippen LogP contribution in [-0.4, -0.2) is 37.0 Å². The van der Waals surface area contributed by atoms with Crippen molar-refractivity contribution in [2.24, 2.45) is 0 Å². The van der Waals surface area contributed by atoms with Crippen LogP contribution in [-0.2, 0) is 10.0 Å². The molecule has 0 spiro atoms. The van der Waals surface area contributed by atoms with Crippen LogP contribution in [0.25, 0.3) is 0 Å². The van der Waals surface area contributed by atoms with Crippen LogP contribution in [0.5, 0.6) is 0 Å². The molecule has 0 unspecified atom stereocenters. The minimum absolute atomic E-state index is 0.212. The number of nitrogen functional groups attached to an aromatic ring is 1. The van der Waals surface area contributed by atoms with Gasteiger partial charge in [-0.15, -0.1) is 0 Å². The predicted molar refractivity (Wildman–Crippen MR) is 74.3 cm³/mol. The van der Waals surface area contributed by atoms with Crippen LogP contribution in [0.3, 0.4) is 0 Å². The topological polar surface area (TPSA) is 83.6 Å². The molecule has 106 valence electrons. The maximum absolute atomic E-state index is 12.7. The highest BCUT2D eigenvalue weighted by atomic mass is 32.2. The van der Waals surface area contributed by atoms with Crippen LogP contribution in [0.4, 0.5) is 5.69 Å². The van der Waals surface area contributed by atoms with Crippen molar-refractivity contribution < 1.29 is 13.5 Å². The monoisotopic (exact) mass is 284 g/mol. The number of sulfonamides is 1. The lowest BCUT2D eigenvalue weighted by molar-refractivity contribution is 0.113. The molecule has 0 aliphatic carbocycles. The number of anilines is 1. The van der Waals surface area contributed by atoms with E-state index in [1.807, 2.05) is 6.07 Å². The summed E-state index contributed by atoms with van der Waals surface area (Å²) in [6.07, 6.45) is 0.552. The minimum Gasteiger partial charge on any atom is -0.397 e. The first-order valence-corrected chi connectivity index (χ1v) is 7.82. The molecule has 1 aliphatic rings. The van der Waals surface area contributed by atoms with E-state index in [1.165, 1.54) is 4.31 Å². The molecule has 0 bridgehead atoms. The van der Waals surface area contributed by atoms with Crippen molar-refractivity contribution in [3.05, 3.63) is 23.3 Å². The third kappa shape index (κ3) is 2.61. The molecule has 0 saturated carbocycles. The van der Waals surface area contributed by atoms with Crippen LogP contribution in [0.15, 0.2) is 17.0 Å². The second kappa shape index (κ2) is 5.11. The number of rotatable bonds is 2. The van der Waals surface area contributed by atoms with Gasteiger partial charge in [-0.3, -0.25) is 0 Å². The molecule has 1 heterocycles. The zero-order chi connectivity index (χ0) is 14.2. The smallest absolute Gasteiger partial charge is 0.245 e. The molecule has 0 amide bonds. The van der Waals surface area contributed by atoms with Gasteiger partial charge in [0.05, 0.1) is 11.8 Å².